The highest BCUT2D eigenvalue weighted by Gasteiger charge is 1.97. The molecule has 0 aliphatic heterocycles. The first-order valence-electron chi connectivity index (χ1n) is 4.12. The van der Waals surface area contributed by atoms with Crippen molar-refractivity contribution in [3.8, 4) is 0 Å². The van der Waals surface area contributed by atoms with Gasteiger partial charge in [0.25, 0.3) is 0 Å². The summed E-state index contributed by atoms with van der Waals surface area (Å²) in [5.41, 5.74) is 5.40. The molecule has 0 heterocycles. The lowest BCUT2D eigenvalue weighted by atomic mass is 10.3. The molecule has 0 rings (SSSR count). The summed E-state index contributed by atoms with van der Waals surface area (Å²) in [6.45, 7) is 2.13. The van der Waals surface area contributed by atoms with Crippen molar-refractivity contribution in [3.05, 3.63) is 0 Å². The maximum absolute atomic E-state index is 5.40. The van der Waals surface area contributed by atoms with Crippen molar-refractivity contribution in [2.45, 2.75) is 12.8 Å². The smallest absolute Gasteiger partial charge is 0.0740 e. The van der Waals surface area contributed by atoms with Crippen molar-refractivity contribution in [3.63, 3.8) is 0 Å². The Kier molecular flexibility index (Phi) is 7.96. The molecule has 0 amide bonds. The van der Waals surface area contributed by atoms with Crippen LogP contribution in [0.25, 0.3) is 0 Å². The number of nitrogens with two attached hydrogens (primary N) is 1. The van der Waals surface area contributed by atoms with Gasteiger partial charge < -0.3 is 10.6 Å². The van der Waals surface area contributed by atoms with Crippen molar-refractivity contribution in [1.29, 1.82) is 0 Å². The van der Waals surface area contributed by atoms with Crippen LogP contribution in [0, 0.1) is 0 Å². The van der Waals surface area contributed by atoms with E-state index in [9.17, 15) is 0 Å². The quantitative estimate of drug-likeness (QED) is 0.503. The Labute approximate surface area is 84.9 Å². The molecule has 0 bridgehead atoms. The first-order chi connectivity index (χ1) is 5.66. The van der Waals surface area contributed by atoms with E-state index in [0.717, 1.165) is 19.5 Å². The van der Waals surface area contributed by atoms with Crippen molar-refractivity contribution >= 4 is 29.0 Å². The van der Waals surface area contributed by atoms with E-state index in [4.69, 9.17) is 18.0 Å². The molecule has 72 valence electrons. The summed E-state index contributed by atoms with van der Waals surface area (Å²) in [4.78, 5) is 2.89. The second-order valence-corrected chi connectivity index (χ2v) is 4.38. The predicted molar refractivity (Wildman–Crippen MR) is 61.9 cm³/mol. The van der Waals surface area contributed by atoms with Gasteiger partial charge in [0.2, 0.25) is 0 Å². The number of thioether (sulfide) groups is 1. The van der Waals surface area contributed by atoms with Crippen molar-refractivity contribution in [2.75, 3.05) is 32.1 Å². The van der Waals surface area contributed by atoms with E-state index in [-0.39, 0.29) is 0 Å². The fourth-order valence-electron chi connectivity index (χ4n) is 0.892. The van der Waals surface area contributed by atoms with Crippen LogP contribution in [0.2, 0.25) is 0 Å². The highest BCUT2D eigenvalue weighted by atomic mass is 32.2. The Bertz CT molecular complexity index is 128. The summed E-state index contributed by atoms with van der Waals surface area (Å²) in [6, 6.07) is 0. The van der Waals surface area contributed by atoms with Crippen LogP contribution in [-0.2, 0) is 0 Å². The van der Waals surface area contributed by atoms with Crippen LogP contribution in [0.15, 0.2) is 0 Å². The van der Waals surface area contributed by atoms with Crippen LogP contribution >= 0.6 is 24.0 Å². The molecule has 0 spiro atoms. The Morgan fingerprint density at radius 2 is 2.17 bits per heavy atom. The normalized spacial score (nSPS) is 10.6. The standard InChI is InChI=1S/C8H18N2S2/c1-10(5-3-7-12-2)6-4-8(9)11/h3-7H2,1-2H3,(H2,9,11). The summed E-state index contributed by atoms with van der Waals surface area (Å²) in [5.74, 6) is 1.23. The van der Waals surface area contributed by atoms with Gasteiger partial charge in [-0.15, -0.1) is 0 Å². The summed E-state index contributed by atoms with van der Waals surface area (Å²) < 4.78 is 0. The molecule has 0 aromatic heterocycles. The van der Waals surface area contributed by atoms with Gasteiger partial charge in [-0.2, -0.15) is 11.8 Å². The summed E-state index contributed by atoms with van der Waals surface area (Å²) in [7, 11) is 2.11. The Balaban J connectivity index is 3.21. The lowest BCUT2D eigenvalue weighted by Crippen LogP contribution is -2.25. The van der Waals surface area contributed by atoms with Crippen LogP contribution < -0.4 is 5.73 Å². The molecular formula is C8H18N2S2. The minimum Gasteiger partial charge on any atom is -0.393 e. The molecule has 0 atom stereocenters. The molecule has 4 heteroatoms. The van der Waals surface area contributed by atoms with Gasteiger partial charge in [0.1, 0.15) is 0 Å². The van der Waals surface area contributed by atoms with E-state index >= 15 is 0 Å². The summed E-state index contributed by atoms with van der Waals surface area (Å²) in [6.07, 6.45) is 4.22. The van der Waals surface area contributed by atoms with Crippen LogP contribution in [0.5, 0.6) is 0 Å². The Hall–Kier alpha value is 0.200. The topological polar surface area (TPSA) is 29.3 Å². The molecule has 2 nitrogen and oxygen atoms in total. The highest BCUT2D eigenvalue weighted by molar-refractivity contribution is 7.98. The lowest BCUT2D eigenvalue weighted by Gasteiger charge is -2.15. The van der Waals surface area contributed by atoms with E-state index in [2.05, 4.69) is 18.2 Å². The number of hydrogen-bond acceptors (Lipinski definition) is 3. The molecule has 0 aliphatic rings. The molecule has 0 fully saturated rings. The van der Waals surface area contributed by atoms with E-state index in [1.807, 2.05) is 11.8 Å². The summed E-state index contributed by atoms with van der Waals surface area (Å²) >= 11 is 6.69. The van der Waals surface area contributed by atoms with Gasteiger partial charge in [-0.25, -0.2) is 0 Å². The average molecular weight is 206 g/mol. The fourth-order valence-corrected chi connectivity index (χ4v) is 1.40. The molecule has 0 saturated carbocycles. The zero-order valence-corrected chi connectivity index (χ0v) is 9.51. The van der Waals surface area contributed by atoms with Crippen LogP contribution in [0.4, 0.5) is 0 Å². The predicted octanol–water partition coefficient (Wildman–Crippen LogP) is 1.35. The summed E-state index contributed by atoms with van der Waals surface area (Å²) in [5, 5.41) is 0. The average Bonchev–Trinajstić information content (AvgIpc) is 2.01. The minimum atomic E-state index is 0.617. The van der Waals surface area contributed by atoms with Crippen molar-refractivity contribution in [2.24, 2.45) is 5.73 Å². The van der Waals surface area contributed by atoms with Crippen molar-refractivity contribution in [1.82, 2.24) is 4.90 Å². The zero-order chi connectivity index (χ0) is 9.40. The van der Waals surface area contributed by atoms with Crippen molar-refractivity contribution < 1.29 is 0 Å². The fraction of sp³-hybridized carbons (Fsp3) is 0.875. The van der Waals surface area contributed by atoms with Gasteiger partial charge in [-0.3, -0.25) is 0 Å². The highest BCUT2D eigenvalue weighted by Crippen LogP contribution is 1.97. The number of nitrogens with zero attached hydrogens (tertiary/aromatic N) is 1. The van der Waals surface area contributed by atoms with Crippen LogP contribution in [-0.4, -0.2) is 42.0 Å². The molecule has 0 aliphatic carbocycles. The third-order valence-electron chi connectivity index (χ3n) is 1.63. The van der Waals surface area contributed by atoms with Gasteiger partial charge in [0.15, 0.2) is 0 Å². The zero-order valence-electron chi connectivity index (χ0n) is 7.88. The van der Waals surface area contributed by atoms with Crippen LogP contribution in [0.1, 0.15) is 12.8 Å². The second kappa shape index (κ2) is 7.83. The van der Waals surface area contributed by atoms with Gasteiger partial charge in [0.05, 0.1) is 4.99 Å². The number of hydrogen-bond donors (Lipinski definition) is 1. The molecule has 0 aromatic rings. The third kappa shape index (κ3) is 8.30. The van der Waals surface area contributed by atoms with Gasteiger partial charge in [0, 0.05) is 13.0 Å². The Morgan fingerprint density at radius 3 is 2.67 bits per heavy atom. The van der Waals surface area contributed by atoms with Gasteiger partial charge >= 0.3 is 0 Å². The molecule has 12 heavy (non-hydrogen) atoms. The first kappa shape index (κ1) is 12.2. The number of thiocarbonyl (C=S) groups is 1. The SMILES string of the molecule is CSCCCN(C)CCC(N)=S. The van der Waals surface area contributed by atoms with E-state index in [1.54, 1.807) is 0 Å². The molecule has 0 radical (unpaired) electrons. The maximum Gasteiger partial charge on any atom is 0.0740 e. The maximum atomic E-state index is 5.40. The van der Waals surface area contributed by atoms with Gasteiger partial charge in [-0.05, 0) is 32.0 Å². The van der Waals surface area contributed by atoms with Crippen LogP contribution in [0.3, 0.4) is 0 Å². The van der Waals surface area contributed by atoms with E-state index in [0.29, 0.717) is 4.99 Å². The lowest BCUT2D eigenvalue weighted by molar-refractivity contribution is 0.346. The molecule has 2 N–H and O–H groups in total. The van der Waals surface area contributed by atoms with E-state index in [1.165, 1.54) is 12.2 Å². The Morgan fingerprint density at radius 1 is 1.50 bits per heavy atom. The molecule has 0 saturated heterocycles. The third-order valence-corrected chi connectivity index (χ3v) is 2.53. The van der Waals surface area contributed by atoms with E-state index < -0.39 is 0 Å². The first-order valence-corrected chi connectivity index (χ1v) is 5.93. The van der Waals surface area contributed by atoms with Gasteiger partial charge in [-0.1, -0.05) is 12.2 Å². The monoisotopic (exact) mass is 206 g/mol. The minimum absolute atomic E-state index is 0.617. The number of rotatable bonds is 7. The second-order valence-electron chi connectivity index (χ2n) is 2.87. The molecular weight excluding hydrogens is 188 g/mol. The molecule has 0 aromatic carbocycles. The molecule has 0 unspecified atom stereocenters. The largest absolute Gasteiger partial charge is 0.393 e.